The van der Waals surface area contributed by atoms with Crippen LogP contribution in [0.5, 0.6) is 0 Å². The number of anilines is 5. The zero-order valence-corrected chi connectivity index (χ0v) is 22.1. The van der Waals surface area contributed by atoms with Gasteiger partial charge in [0.2, 0.25) is 5.95 Å². The minimum atomic E-state index is -3.48. The Morgan fingerprint density at radius 2 is 1.56 bits per heavy atom. The van der Waals surface area contributed by atoms with Crippen LogP contribution >= 0.6 is 11.6 Å². The highest BCUT2D eigenvalue weighted by Crippen LogP contribution is 2.26. The third-order valence-electron chi connectivity index (χ3n) is 5.89. The van der Waals surface area contributed by atoms with Crippen molar-refractivity contribution in [3.63, 3.8) is 0 Å². The minimum absolute atomic E-state index is 0.191. The molecule has 1 aromatic heterocycles. The Kier molecular flexibility index (Phi) is 8.27. The second-order valence-electron chi connectivity index (χ2n) is 8.78. The van der Waals surface area contributed by atoms with Gasteiger partial charge in [0.25, 0.3) is 10.2 Å². The normalized spacial score (nSPS) is 14.8. The molecule has 192 valence electrons. The van der Waals surface area contributed by atoms with Crippen LogP contribution in [0.25, 0.3) is 0 Å². The van der Waals surface area contributed by atoms with Crippen LogP contribution in [0.3, 0.4) is 0 Å². The zero-order valence-electron chi connectivity index (χ0n) is 20.6. The number of hydrogen-bond donors (Lipinski definition) is 3. The Morgan fingerprint density at radius 3 is 2.19 bits per heavy atom. The Balaban J connectivity index is 1.37. The number of nitrogens with zero attached hydrogens (tertiary/aromatic N) is 5. The van der Waals surface area contributed by atoms with Gasteiger partial charge in [-0.25, -0.2) is 4.98 Å². The molecule has 2 aromatic carbocycles. The zero-order chi connectivity index (χ0) is 25.7. The summed E-state index contributed by atoms with van der Waals surface area (Å²) in [4.78, 5) is 13.5. The Bertz CT molecular complexity index is 1260. The molecule has 0 saturated carbocycles. The second-order valence-corrected chi connectivity index (χ2v) is 11.2. The van der Waals surface area contributed by atoms with Crippen molar-refractivity contribution in [3.8, 4) is 0 Å². The lowest BCUT2D eigenvalue weighted by Crippen LogP contribution is -2.44. The van der Waals surface area contributed by atoms with E-state index in [1.165, 1.54) is 19.8 Å². The molecule has 0 unspecified atom stereocenters. The van der Waals surface area contributed by atoms with E-state index >= 15 is 0 Å². The topological polar surface area (TPSA) is 106 Å². The van der Waals surface area contributed by atoms with Gasteiger partial charge in [0, 0.05) is 63.9 Å². The molecule has 0 bridgehead atoms. The van der Waals surface area contributed by atoms with E-state index in [2.05, 4.69) is 54.3 Å². The van der Waals surface area contributed by atoms with Crippen molar-refractivity contribution in [1.29, 1.82) is 0 Å². The van der Waals surface area contributed by atoms with Gasteiger partial charge in [-0.3, -0.25) is 0 Å². The summed E-state index contributed by atoms with van der Waals surface area (Å²) in [7, 11) is 1.63. The number of nitrogens with one attached hydrogen (secondary N) is 3. The summed E-state index contributed by atoms with van der Waals surface area (Å²) in [6, 6.07) is 15.6. The highest BCUT2D eigenvalue weighted by Gasteiger charge is 2.15. The summed E-state index contributed by atoms with van der Waals surface area (Å²) in [6.45, 7) is 4.35. The van der Waals surface area contributed by atoms with Gasteiger partial charge in [-0.2, -0.15) is 22.4 Å². The molecule has 0 radical (unpaired) electrons. The second kappa shape index (κ2) is 11.4. The van der Waals surface area contributed by atoms with E-state index in [1.807, 2.05) is 36.4 Å². The molecule has 0 atom stereocenters. The monoisotopic (exact) mass is 530 g/mol. The smallest absolute Gasteiger partial charge is 0.279 e. The summed E-state index contributed by atoms with van der Waals surface area (Å²) in [5, 5.41) is 6.80. The van der Waals surface area contributed by atoms with Crippen LogP contribution in [0.15, 0.2) is 54.7 Å². The number of hydrogen-bond acceptors (Lipinski definition) is 8. The molecule has 4 rings (SSSR count). The fraction of sp³-hybridized carbons (Fsp3) is 0.333. The van der Waals surface area contributed by atoms with Crippen LogP contribution in [0.1, 0.15) is 5.56 Å². The van der Waals surface area contributed by atoms with E-state index in [0.717, 1.165) is 47.4 Å². The van der Waals surface area contributed by atoms with Crippen molar-refractivity contribution in [1.82, 2.24) is 23.9 Å². The van der Waals surface area contributed by atoms with Gasteiger partial charge >= 0.3 is 0 Å². The highest BCUT2D eigenvalue weighted by atomic mass is 35.5. The van der Waals surface area contributed by atoms with Gasteiger partial charge in [0.05, 0.1) is 6.20 Å². The predicted octanol–water partition coefficient (Wildman–Crippen LogP) is 3.27. The summed E-state index contributed by atoms with van der Waals surface area (Å²) in [5.41, 5.74) is 3.66. The van der Waals surface area contributed by atoms with E-state index in [9.17, 15) is 8.42 Å². The van der Waals surface area contributed by atoms with E-state index in [1.54, 1.807) is 6.20 Å². The van der Waals surface area contributed by atoms with Gasteiger partial charge in [0.1, 0.15) is 5.02 Å². The quantitative estimate of drug-likeness (QED) is 0.387. The van der Waals surface area contributed by atoms with Crippen molar-refractivity contribution in [3.05, 3.63) is 65.3 Å². The van der Waals surface area contributed by atoms with Crippen LogP contribution in [0.2, 0.25) is 5.02 Å². The molecule has 0 aliphatic carbocycles. The molecule has 3 N–H and O–H groups in total. The Hall–Kier alpha value is -2.96. The van der Waals surface area contributed by atoms with E-state index in [4.69, 9.17) is 11.6 Å². The molecule has 1 aliphatic rings. The van der Waals surface area contributed by atoms with Gasteiger partial charge in [-0.05, 0) is 49.0 Å². The number of likely N-dealkylation sites (N-methyl/N-ethyl adjacent to an activating group) is 1. The lowest BCUT2D eigenvalue weighted by molar-refractivity contribution is 0.313. The molecule has 1 aliphatic heterocycles. The fourth-order valence-electron chi connectivity index (χ4n) is 3.61. The van der Waals surface area contributed by atoms with Crippen LogP contribution < -0.4 is 20.3 Å². The third-order valence-corrected chi connectivity index (χ3v) is 7.64. The maximum atomic E-state index is 11.9. The first-order chi connectivity index (χ1) is 17.2. The molecule has 12 heteroatoms. The average Bonchev–Trinajstić information content (AvgIpc) is 2.86. The van der Waals surface area contributed by atoms with Crippen molar-refractivity contribution < 1.29 is 8.42 Å². The molecule has 1 fully saturated rings. The number of aromatic nitrogens is 2. The van der Waals surface area contributed by atoms with Crippen LogP contribution in [0, 0.1) is 0 Å². The van der Waals surface area contributed by atoms with Gasteiger partial charge in [-0.1, -0.05) is 23.7 Å². The number of halogens is 1. The molecule has 3 aromatic rings. The first-order valence-electron chi connectivity index (χ1n) is 11.6. The molecular weight excluding hydrogens is 500 g/mol. The third kappa shape index (κ3) is 6.83. The van der Waals surface area contributed by atoms with Crippen LogP contribution in [0.4, 0.5) is 28.8 Å². The largest absolute Gasteiger partial charge is 0.369 e. The summed E-state index contributed by atoms with van der Waals surface area (Å²) < 4.78 is 27.4. The van der Waals surface area contributed by atoms with Crippen molar-refractivity contribution in [2.45, 2.75) is 6.54 Å². The molecular formula is C24H31ClN8O2S. The average molecular weight is 531 g/mol. The van der Waals surface area contributed by atoms with Crippen molar-refractivity contribution in [2.24, 2.45) is 0 Å². The Labute approximate surface area is 217 Å². The lowest BCUT2D eigenvalue weighted by Gasteiger charge is -2.34. The molecule has 10 nitrogen and oxygen atoms in total. The summed E-state index contributed by atoms with van der Waals surface area (Å²) in [5.74, 6) is 0.883. The van der Waals surface area contributed by atoms with Crippen molar-refractivity contribution in [2.75, 3.05) is 62.9 Å². The predicted molar refractivity (Wildman–Crippen MR) is 146 cm³/mol. The standard InChI is InChI=1S/C24H31ClN8O2S/c1-31(2)36(34,35)27-16-18-4-6-19(7-5-18)28-23-22(25)17-26-24(30-23)29-20-8-10-21(11-9-20)33-14-12-32(3)13-15-33/h4-11,17,27H,12-16H2,1-3H3,(H2,26,28,29,30). The van der Waals surface area contributed by atoms with Gasteiger partial charge < -0.3 is 20.4 Å². The fourth-order valence-corrected chi connectivity index (χ4v) is 4.36. The molecule has 0 spiro atoms. The van der Waals surface area contributed by atoms with E-state index in [-0.39, 0.29) is 6.54 Å². The van der Waals surface area contributed by atoms with Gasteiger partial charge in [-0.15, -0.1) is 0 Å². The molecule has 0 amide bonds. The summed E-state index contributed by atoms with van der Waals surface area (Å²) >= 11 is 6.32. The van der Waals surface area contributed by atoms with Gasteiger partial charge in [0.15, 0.2) is 5.82 Å². The number of rotatable bonds is 9. The van der Waals surface area contributed by atoms with E-state index in [0.29, 0.717) is 16.8 Å². The van der Waals surface area contributed by atoms with Crippen LogP contribution in [-0.2, 0) is 16.8 Å². The molecule has 2 heterocycles. The first kappa shape index (κ1) is 26.1. The number of benzene rings is 2. The maximum Gasteiger partial charge on any atom is 0.279 e. The number of piperazine rings is 1. The minimum Gasteiger partial charge on any atom is -0.369 e. The lowest BCUT2D eigenvalue weighted by atomic mass is 10.2. The first-order valence-corrected chi connectivity index (χ1v) is 13.4. The molecule has 36 heavy (non-hydrogen) atoms. The maximum absolute atomic E-state index is 11.9. The van der Waals surface area contributed by atoms with Crippen LogP contribution in [-0.4, -0.2) is 74.9 Å². The van der Waals surface area contributed by atoms with Crippen molar-refractivity contribution >= 4 is 50.6 Å². The summed E-state index contributed by atoms with van der Waals surface area (Å²) in [6.07, 6.45) is 1.54. The molecule has 1 saturated heterocycles. The Morgan fingerprint density at radius 1 is 0.944 bits per heavy atom. The highest BCUT2D eigenvalue weighted by molar-refractivity contribution is 7.87. The SMILES string of the molecule is CN1CCN(c2ccc(Nc3ncc(Cl)c(Nc4ccc(CNS(=O)(=O)N(C)C)cc4)n3)cc2)CC1. The van der Waals surface area contributed by atoms with E-state index < -0.39 is 10.2 Å².